The number of benzene rings is 2. The third-order valence-electron chi connectivity index (χ3n) is 3.00. The van der Waals surface area contributed by atoms with Crippen LogP contribution in [0, 0.1) is 5.82 Å². The first kappa shape index (κ1) is 16.2. The standard InChI is InChI=1S/C17H16BrFN2O/c18-16-4-2-1-3-14(16)10-12-21-17(22)20-11-9-13-5-7-15(19)8-6-13/h1-9,11H,10,12H2,(H2,20,21,22)/b11-9+. The van der Waals surface area contributed by atoms with Crippen LogP contribution in [-0.2, 0) is 6.42 Å². The van der Waals surface area contributed by atoms with Crippen molar-refractivity contribution in [1.29, 1.82) is 0 Å². The predicted octanol–water partition coefficient (Wildman–Crippen LogP) is 4.10. The lowest BCUT2D eigenvalue weighted by atomic mass is 10.1. The molecule has 114 valence electrons. The number of hydrogen-bond donors (Lipinski definition) is 2. The van der Waals surface area contributed by atoms with Gasteiger partial charge >= 0.3 is 6.03 Å². The van der Waals surface area contributed by atoms with E-state index in [9.17, 15) is 9.18 Å². The van der Waals surface area contributed by atoms with Gasteiger partial charge in [0.15, 0.2) is 0 Å². The van der Waals surface area contributed by atoms with Crippen LogP contribution in [0.5, 0.6) is 0 Å². The second-order valence-electron chi connectivity index (χ2n) is 4.63. The van der Waals surface area contributed by atoms with E-state index in [4.69, 9.17) is 0 Å². The van der Waals surface area contributed by atoms with Crippen LogP contribution in [0.2, 0.25) is 0 Å². The van der Waals surface area contributed by atoms with Gasteiger partial charge in [0.2, 0.25) is 0 Å². The fraction of sp³-hybridized carbons (Fsp3) is 0.118. The molecule has 0 saturated heterocycles. The summed E-state index contributed by atoms with van der Waals surface area (Å²) in [5.74, 6) is -0.282. The van der Waals surface area contributed by atoms with Crippen LogP contribution in [0.3, 0.4) is 0 Å². The van der Waals surface area contributed by atoms with Crippen LogP contribution < -0.4 is 10.6 Å². The lowest BCUT2D eigenvalue weighted by Gasteiger charge is -2.06. The molecule has 3 nitrogen and oxygen atoms in total. The lowest BCUT2D eigenvalue weighted by Crippen LogP contribution is -2.33. The summed E-state index contributed by atoms with van der Waals surface area (Å²) in [7, 11) is 0. The van der Waals surface area contributed by atoms with Crippen LogP contribution in [0.25, 0.3) is 6.08 Å². The Morgan fingerprint density at radius 1 is 1.14 bits per heavy atom. The Hall–Kier alpha value is -2.14. The quantitative estimate of drug-likeness (QED) is 0.825. The Labute approximate surface area is 137 Å². The van der Waals surface area contributed by atoms with Crippen molar-refractivity contribution in [2.24, 2.45) is 0 Å². The highest BCUT2D eigenvalue weighted by molar-refractivity contribution is 9.10. The van der Waals surface area contributed by atoms with Crippen molar-refractivity contribution in [3.63, 3.8) is 0 Å². The van der Waals surface area contributed by atoms with Crippen LogP contribution in [0.1, 0.15) is 11.1 Å². The molecule has 0 heterocycles. The van der Waals surface area contributed by atoms with Crippen molar-refractivity contribution < 1.29 is 9.18 Å². The van der Waals surface area contributed by atoms with E-state index in [-0.39, 0.29) is 11.8 Å². The van der Waals surface area contributed by atoms with Crippen LogP contribution >= 0.6 is 15.9 Å². The average molecular weight is 363 g/mol. The Morgan fingerprint density at radius 3 is 2.59 bits per heavy atom. The van der Waals surface area contributed by atoms with E-state index in [0.717, 1.165) is 22.0 Å². The molecule has 22 heavy (non-hydrogen) atoms. The smallest absolute Gasteiger partial charge is 0.318 e. The number of halogens is 2. The second kappa shape index (κ2) is 8.34. The van der Waals surface area contributed by atoms with Crippen LogP contribution in [-0.4, -0.2) is 12.6 Å². The molecule has 0 aliphatic heterocycles. The highest BCUT2D eigenvalue weighted by atomic mass is 79.9. The fourth-order valence-corrected chi connectivity index (χ4v) is 2.33. The van der Waals surface area contributed by atoms with E-state index in [0.29, 0.717) is 6.54 Å². The Bertz CT molecular complexity index is 656. The number of amides is 2. The van der Waals surface area contributed by atoms with Gasteiger partial charge in [-0.1, -0.05) is 46.3 Å². The third-order valence-corrected chi connectivity index (χ3v) is 3.77. The molecule has 2 aromatic rings. The molecular weight excluding hydrogens is 347 g/mol. The minimum atomic E-state index is -0.282. The zero-order valence-corrected chi connectivity index (χ0v) is 13.4. The number of carbonyl (C=O) groups is 1. The zero-order chi connectivity index (χ0) is 15.8. The SMILES string of the molecule is O=C(N/C=C/c1ccc(F)cc1)NCCc1ccccc1Br. The summed E-state index contributed by atoms with van der Waals surface area (Å²) in [6.45, 7) is 0.541. The van der Waals surface area contributed by atoms with Gasteiger partial charge in [0, 0.05) is 17.2 Å². The molecule has 2 N–H and O–H groups in total. The van der Waals surface area contributed by atoms with Gasteiger partial charge < -0.3 is 10.6 Å². The minimum absolute atomic E-state index is 0.273. The molecule has 0 unspecified atom stereocenters. The van der Waals surface area contributed by atoms with Crippen molar-refractivity contribution in [1.82, 2.24) is 10.6 Å². The first-order valence-electron chi connectivity index (χ1n) is 6.85. The summed E-state index contributed by atoms with van der Waals surface area (Å²) in [6.07, 6.45) is 3.98. The first-order valence-corrected chi connectivity index (χ1v) is 7.64. The zero-order valence-electron chi connectivity index (χ0n) is 11.9. The van der Waals surface area contributed by atoms with Crippen molar-refractivity contribution in [2.75, 3.05) is 6.54 Å². The summed E-state index contributed by atoms with van der Waals surface area (Å²) in [5, 5.41) is 5.38. The molecule has 0 saturated carbocycles. The van der Waals surface area contributed by atoms with Crippen LogP contribution in [0.4, 0.5) is 9.18 Å². The largest absolute Gasteiger partial charge is 0.338 e. The molecule has 2 aromatic carbocycles. The van der Waals surface area contributed by atoms with Crippen molar-refractivity contribution >= 4 is 28.0 Å². The summed E-state index contributed by atoms with van der Waals surface area (Å²) in [5.41, 5.74) is 1.96. The summed E-state index contributed by atoms with van der Waals surface area (Å²) in [6, 6.07) is 13.6. The molecule has 0 aliphatic rings. The Morgan fingerprint density at radius 2 is 1.86 bits per heavy atom. The molecule has 0 bridgehead atoms. The van der Waals surface area contributed by atoms with E-state index < -0.39 is 0 Å². The fourth-order valence-electron chi connectivity index (χ4n) is 1.85. The normalized spacial score (nSPS) is 10.6. The maximum Gasteiger partial charge on any atom is 0.318 e. The molecule has 0 spiro atoms. The van der Waals surface area contributed by atoms with Gasteiger partial charge in [-0.15, -0.1) is 0 Å². The van der Waals surface area contributed by atoms with E-state index in [1.807, 2.05) is 24.3 Å². The van der Waals surface area contributed by atoms with Gasteiger partial charge in [-0.3, -0.25) is 0 Å². The van der Waals surface area contributed by atoms with Crippen LogP contribution in [0.15, 0.2) is 59.2 Å². The summed E-state index contributed by atoms with van der Waals surface area (Å²) in [4.78, 5) is 11.6. The minimum Gasteiger partial charge on any atom is -0.338 e. The number of rotatable bonds is 5. The molecule has 0 aromatic heterocycles. The maximum absolute atomic E-state index is 12.7. The molecule has 2 amide bonds. The molecule has 0 atom stereocenters. The summed E-state index contributed by atoms with van der Waals surface area (Å²) >= 11 is 3.47. The van der Waals surface area contributed by atoms with E-state index in [1.165, 1.54) is 18.3 Å². The number of nitrogens with one attached hydrogen (secondary N) is 2. The molecule has 0 fully saturated rings. The highest BCUT2D eigenvalue weighted by Crippen LogP contribution is 2.15. The highest BCUT2D eigenvalue weighted by Gasteiger charge is 2.00. The average Bonchev–Trinajstić information content (AvgIpc) is 2.51. The van der Waals surface area contributed by atoms with Gasteiger partial charge in [0.25, 0.3) is 0 Å². The molecule has 5 heteroatoms. The second-order valence-corrected chi connectivity index (χ2v) is 5.48. The van der Waals surface area contributed by atoms with Crippen molar-refractivity contribution in [2.45, 2.75) is 6.42 Å². The molecule has 0 aliphatic carbocycles. The van der Waals surface area contributed by atoms with Gasteiger partial charge in [0.05, 0.1) is 0 Å². The number of hydrogen-bond acceptors (Lipinski definition) is 1. The van der Waals surface area contributed by atoms with Gasteiger partial charge in [-0.25, -0.2) is 9.18 Å². The molecule has 0 radical (unpaired) electrons. The van der Waals surface area contributed by atoms with E-state index in [2.05, 4.69) is 26.6 Å². The third kappa shape index (κ3) is 5.33. The Balaban J connectivity index is 1.72. The lowest BCUT2D eigenvalue weighted by molar-refractivity contribution is 0.244. The van der Waals surface area contributed by atoms with Gasteiger partial charge in [0.1, 0.15) is 5.82 Å². The predicted molar refractivity (Wildman–Crippen MR) is 89.8 cm³/mol. The van der Waals surface area contributed by atoms with Crippen molar-refractivity contribution in [3.8, 4) is 0 Å². The van der Waals surface area contributed by atoms with E-state index in [1.54, 1.807) is 18.2 Å². The molecular formula is C17H16BrFN2O. The first-order chi connectivity index (χ1) is 10.6. The Kier molecular flexibility index (Phi) is 6.15. The maximum atomic E-state index is 12.7. The number of carbonyl (C=O) groups excluding carboxylic acids is 1. The van der Waals surface area contributed by atoms with E-state index >= 15 is 0 Å². The van der Waals surface area contributed by atoms with Gasteiger partial charge in [-0.2, -0.15) is 0 Å². The monoisotopic (exact) mass is 362 g/mol. The van der Waals surface area contributed by atoms with Crippen molar-refractivity contribution in [3.05, 3.63) is 76.1 Å². The van der Waals surface area contributed by atoms with Gasteiger partial charge in [-0.05, 0) is 41.8 Å². The number of urea groups is 1. The molecule has 2 rings (SSSR count). The topological polar surface area (TPSA) is 41.1 Å². The summed E-state index contributed by atoms with van der Waals surface area (Å²) < 4.78 is 13.8.